The molecule has 2 aromatic carbocycles. The van der Waals surface area contributed by atoms with Crippen LogP contribution in [-0.4, -0.2) is 18.8 Å². The largest absolute Gasteiger partial charge is 0.479 e. The van der Waals surface area contributed by atoms with Crippen molar-refractivity contribution in [2.75, 3.05) is 12.1 Å². The fraction of sp³-hybridized carbons (Fsp3) is 0.188. The lowest BCUT2D eigenvalue weighted by molar-refractivity contribution is -0.122. The second-order valence-electron chi connectivity index (χ2n) is 4.89. The Bertz CT molecular complexity index is 751. The molecule has 0 spiro atoms. The lowest BCUT2D eigenvalue weighted by Crippen LogP contribution is -2.30. The highest BCUT2D eigenvalue weighted by Crippen LogP contribution is 2.34. The Morgan fingerprint density at radius 3 is 2.78 bits per heavy atom. The molecule has 0 unspecified atom stereocenters. The third-order valence-corrected chi connectivity index (χ3v) is 3.75. The molecule has 23 heavy (non-hydrogen) atoms. The van der Waals surface area contributed by atoms with E-state index in [4.69, 9.17) is 37.4 Å². The van der Waals surface area contributed by atoms with Gasteiger partial charge in [0.05, 0.1) is 5.02 Å². The van der Waals surface area contributed by atoms with Crippen molar-refractivity contribution in [3.63, 3.8) is 0 Å². The number of ether oxygens (including phenoxy) is 3. The maximum Gasteiger partial charge on any atom is 0.265 e. The van der Waals surface area contributed by atoms with E-state index in [0.29, 0.717) is 33.0 Å². The van der Waals surface area contributed by atoms with Crippen LogP contribution in [-0.2, 0) is 4.79 Å². The molecule has 0 aromatic heterocycles. The first kappa shape index (κ1) is 15.8. The van der Waals surface area contributed by atoms with Gasteiger partial charge in [-0.3, -0.25) is 4.79 Å². The first-order chi connectivity index (χ1) is 11.0. The maximum atomic E-state index is 12.2. The van der Waals surface area contributed by atoms with E-state index in [1.54, 1.807) is 43.3 Å². The first-order valence-corrected chi connectivity index (χ1v) is 7.61. The van der Waals surface area contributed by atoms with Gasteiger partial charge in [0.1, 0.15) is 5.75 Å². The summed E-state index contributed by atoms with van der Waals surface area (Å²) in [7, 11) is 0. The van der Waals surface area contributed by atoms with Crippen molar-refractivity contribution in [3.05, 3.63) is 46.4 Å². The summed E-state index contributed by atoms with van der Waals surface area (Å²) in [4.78, 5) is 12.2. The predicted molar refractivity (Wildman–Crippen MR) is 87.7 cm³/mol. The number of hydrogen-bond acceptors (Lipinski definition) is 4. The summed E-state index contributed by atoms with van der Waals surface area (Å²) in [6.07, 6.45) is -0.753. The Hall–Kier alpha value is -2.11. The highest BCUT2D eigenvalue weighted by Gasteiger charge is 2.19. The van der Waals surface area contributed by atoms with E-state index in [1.165, 1.54) is 0 Å². The van der Waals surface area contributed by atoms with Gasteiger partial charge in [0, 0.05) is 22.8 Å². The number of carbonyl (C=O) groups excluding carboxylic acids is 1. The number of hydrogen-bond donors (Lipinski definition) is 1. The summed E-state index contributed by atoms with van der Waals surface area (Å²) >= 11 is 11.9. The van der Waals surface area contributed by atoms with E-state index in [-0.39, 0.29) is 12.7 Å². The standard InChI is InChI=1S/C16H13Cl2NO4/c1-9(23-14-6-10(17)2-4-12(14)18)16(20)19-11-3-5-13-15(7-11)22-8-21-13/h2-7,9H,8H2,1H3,(H,19,20)/t9-/m0/s1. The summed E-state index contributed by atoms with van der Waals surface area (Å²) < 4.78 is 16.1. The molecule has 0 radical (unpaired) electrons. The van der Waals surface area contributed by atoms with E-state index < -0.39 is 6.10 Å². The lowest BCUT2D eigenvalue weighted by atomic mass is 10.2. The van der Waals surface area contributed by atoms with Gasteiger partial charge >= 0.3 is 0 Å². The van der Waals surface area contributed by atoms with Crippen LogP contribution in [0.3, 0.4) is 0 Å². The first-order valence-electron chi connectivity index (χ1n) is 6.85. The van der Waals surface area contributed by atoms with E-state index in [2.05, 4.69) is 5.32 Å². The molecule has 2 aromatic rings. The van der Waals surface area contributed by atoms with Gasteiger partial charge < -0.3 is 19.5 Å². The summed E-state index contributed by atoms with van der Waals surface area (Å²) in [5.74, 6) is 1.28. The molecule has 120 valence electrons. The molecule has 1 N–H and O–H groups in total. The van der Waals surface area contributed by atoms with Crippen LogP contribution in [0.15, 0.2) is 36.4 Å². The van der Waals surface area contributed by atoms with Crippen LogP contribution in [0, 0.1) is 0 Å². The zero-order chi connectivity index (χ0) is 16.4. The summed E-state index contributed by atoms with van der Waals surface area (Å²) in [5, 5.41) is 3.62. The molecule has 5 nitrogen and oxygen atoms in total. The molecule has 0 bridgehead atoms. The number of fused-ring (bicyclic) bond motifs is 1. The number of amides is 1. The summed E-state index contributed by atoms with van der Waals surface area (Å²) in [6.45, 7) is 1.80. The molecule has 0 aliphatic carbocycles. The Balaban J connectivity index is 1.67. The smallest absolute Gasteiger partial charge is 0.265 e. The SMILES string of the molecule is C[C@H](Oc1cc(Cl)ccc1Cl)C(=O)Nc1ccc2c(c1)OCO2. The number of rotatable bonds is 4. The van der Waals surface area contributed by atoms with Crippen molar-refractivity contribution >= 4 is 34.8 Å². The van der Waals surface area contributed by atoms with E-state index in [1.807, 2.05) is 0 Å². The minimum Gasteiger partial charge on any atom is -0.479 e. The second kappa shape index (κ2) is 6.56. The van der Waals surface area contributed by atoms with Crippen molar-refractivity contribution < 1.29 is 19.0 Å². The number of anilines is 1. The minimum atomic E-state index is -0.753. The highest BCUT2D eigenvalue weighted by molar-refractivity contribution is 6.34. The molecule has 0 fully saturated rings. The topological polar surface area (TPSA) is 56.8 Å². The van der Waals surface area contributed by atoms with Gasteiger partial charge in [-0.25, -0.2) is 0 Å². The van der Waals surface area contributed by atoms with E-state index in [9.17, 15) is 4.79 Å². The molecule has 3 rings (SSSR count). The zero-order valence-corrected chi connectivity index (χ0v) is 13.6. The molecule has 0 saturated carbocycles. The molecule has 1 heterocycles. The third kappa shape index (κ3) is 3.63. The Kier molecular flexibility index (Phi) is 4.50. The quantitative estimate of drug-likeness (QED) is 0.897. The summed E-state index contributed by atoms with van der Waals surface area (Å²) in [6, 6.07) is 9.98. The van der Waals surface area contributed by atoms with Gasteiger partial charge in [-0.05, 0) is 31.2 Å². The molecule has 1 amide bonds. The molecule has 1 aliphatic heterocycles. The van der Waals surface area contributed by atoms with Gasteiger partial charge in [-0.2, -0.15) is 0 Å². The third-order valence-electron chi connectivity index (χ3n) is 3.21. The molecular formula is C16H13Cl2NO4. The normalized spacial score (nSPS) is 13.5. The zero-order valence-electron chi connectivity index (χ0n) is 12.1. The van der Waals surface area contributed by atoms with E-state index in [0.717, 1.165) is 0 Å². The van der Waals surface area contributed by atoms with Crippen LogP contribution in [0.1, 0.15) is 6.92 Å². The van der Waals surface area contributed by atoms with Crippen LogP contribution < -0.4 is 19.5 Å². The second-order valence-corrected chi connectivity index (χ2v) is 5.74. The predicted octanol–water partition coefficient (Wildman–Crippen LogP) is 4.13. The van der Waals surface area contributed by atoms with Crippen molar-refractivity contribution in [1.82, 2.24) is 0 Å². The van der Waals surface area contributed by atoms with Crippen LogP contribution in [0.2, 0.25) is 10.0 Å². The molecule has 0 saturated heterocycles. The maximum absolute atomic E-state index is 12.2. The van der Waals surface area contributed by atoms with Crippen LogP contribution in [0.5, 0.6) is 17.2 Å². The van der Waals surface area contributed by atoms with Gasteiger partial charge in [0.2, 0.25) is 6.79 Å². The van der Waals surface area contributed by atoms with Gasteiger partial charge in [-0.15, -0.1) is 0 Å². The van der Waals surface area contributed by atoms with Crippen LogP contribution in [0.25, 0.3) is 0 Å². The molecule has 1 atom stereocenters. The Labute approximate surface area is 143 Å². The van der Waals surface area contributed by atoms with E-state index >= 15 is 0 Å². The van der Waals surface area contributed by atoms with Gasteiger partial charge in [0.15, 0.2) is 17.6 Å². The van der Waals surface area contributed by atoms with Gasteiger partial charge in [0.25, 0.3) is 5.91 Å². The summed E-state index contributed by atoms with van der Waals surface area (Å²) in [5.41, 5.74) is 0.590. The van der Waals surface area contributed by atoms with Crippen molar-refractivity contribution in [2.24, 2.45) is 0 Å². The fourth-order valence-electron chi connectivity index (χ4n) is 2.03. The number of carbonyl (C=O) groups is 1. The average Bonchev–Trinajstić information content (AvgIpc) is 2.98. The van der Waals surface area contributed by atoms with Crippen LogP contribution in [0.4, 0.5) is 5.69 Å². The van der Waals surface area contributed by atoms with Crippen LogP contribution >= 0.6 is 23.2 Å². The lowest BCUT2D eigenvalue weighted by Gasteiger charge is -2.16. The molecule has 1 aliphatic rings. The monoisotopic (exact) mass is 353 g/mol. The van der Waals surface area contributed by atoms with Crippen molar-refractivity contribution in [3.8, 4) is 17.2 Å². The minimum absolute atomic E-state index is 0.180. The number of nitrogens with one attached hydrogen (secondary N) is 1. The number of benzene rings is 2. The Morgan fingerprint density at radius 1 is 1.17 bits per heavy atom. The Morgan fingerprint density at radius 2 is 1.96 bits per heavy atom. The van der Waals surface area contributed by atoms with Crippen molar-refractivity contribution in [2.45, 2.75) is 13.0 Å². The highest BCUT2D eigenvalue weighted by atomic mass is 35.5. The molecule has 7 heteroatoms. The van der Waals surface area contributed by atoms with Gasteiger partial charge in [-0.1, -0.05) is 23.2 Å². The number of halogens is 2. The molecular weight excluding hydrogens is 341 g/mol. The fourth-order valence-corrected chi connectivity index (χ4v) is 2.35. The average molecular weight is 354 g/mol. The van der Waals surface area contributed by atoms with Crippen molar-refractivity contribution in [1.29, 1.82) is 0 Å².